The Morgan fingerprint density at radius 2 is 2.00 bits per heavy atom. The van der Waals surface area contributed by atoms with Crippen LogP contribution in [0.4, 0.5) is 4.79 Å². The molecule has 1 unspecified atom stereocenters. The molecule has 0 spiro atoms. The van der Waals surface area contributed by atoms with Gasteiger partial charge in [0.15, 0.2) is 0 Å². The van der Waals surface area contributed by atoms with E-state index < -0.39 is 6.09 Å². The number of carbonyl (C=O) groups excluding carboxylic acids is 2. The number of amides is 1. The smallest absolute Gasteiger partial charge is 0.409 e. The average Bonchev–Trinajstić information content (AvgIpc) is 2.47. The first-order chi connectivity index (χ1) is 9.20. The Bertz CT molecular complexity index is 446. The van der Waals surface area contributed by atoms with E-state index in [1.54, 1.807) is 17.0 Å². The summed E-state index contributed by atoms with van der Waals surface area (Å²) in [6.07, 6.45) is 1.13. The van der Waals surface area contributed by atoms with Gasteiger partial charge in [0.1, 0.15) is 5.75 Å². The largest absolute Gasteiger partial charge is 0.453 e. The van der Waals surface area contributed by atoms with Crippen LogP contribution in [0.1, 0.15) is 12.8 Å². The summed E-state index contributed by atoms with van der Waals surface area (Å²) in [5.41, 5.74) is 0. The van der Waals surface area contributed by atoms with E-state index in [0.717, 1.165) is 12.8 Å². The molecule has 19 heavy (non-hydrogen) atoms. The predicted octanol–water partition coefficient (Wildman–Crippen LogP) is 2.07. The lowest BCUT2D eigenvalue weighted by molar-refractivity contribution is -0.140. The van der Waals surface area contributed by atoms with E-state index in [1.807, 2.05) is 18.2 Å². The molecule has 1 atom stereocenters. The van der Waals surface area contributed by atoms with Crippen molar-refractivity contribution in [2.45, 2.75) is 12.8 Å². The van der Waals surface area contributed by atoms with E-state index >= 15 is 0 Å². The van der Waals surface area contributed by atoms with Crippen molar-refractivity contribution in [2.24, 2.45) is 5.92 Å². The molecule has 0 saturated carbocycles. The Morgan fingerprint density at radius 1 is 1.26 bits per heavy atom. The van der Waals surface area contributed by atoms with Crippen LogP contribution >= 0.6 is 0 Å². The highest BCUT2D eigenvalue weighted by Crippen LogP contribution is 2.20. The van der Waals surface area contributed by atoms with Gasteiger partial charge in [-0.15, -0.1) is 0 Å². The third-order valence-electron chi connectivity index (χ3n) is 3.15. The third-order valence-corrected chi connectivity index (χ3v) is 3.15. The fourth-order valence-corrected chi connectivity index (χ4v) is 2.15. The van der Waals surface area contributed by atoms with Crippen LogP contribution in [0.3, 0.4) is 0 Å². The standard InChI is InChI=1S/C14H17NO4/c1-18-14(17)15-9-5-6-11(10-15)13(16)19-12-7-3-2-4-8-12/h2-4,7-8,11H,5-6,9-10H2,1H3. The highest BCUT2D eigenvalue weighted by atomic mass is 16.5. The molecule has 5 nitrogen and oxygen atoms in total. The first-order valence-corrected chi connectivity index (χ1v) is 6.30. The zero-order valence-corrected chi connectivity index (χ0v) is 10.9. The van der Waals surface area contributed by atoms with Gasteiger partial charge < -0.3 is 14.4 Å². The Balaban J connectivity index is 1.94. The van der Waals surface area contributed by atoms with Crippen LogP contribution in [0.15, 0.2) is 30.3 Å². The summed E-state index contributed by atoms with van der Waals surface area (Å²) < 4.78 is 9.97. The average molecular weight is 263 g/mol. The third kappa shape index (κ3) is 3.47. The Hall–Kier alpha value is -2.04. The summed E-state index contributed by atoms with van der Waals surface area (Å²) >= 11 is 0. The topological polar surface area (TPSA) is 55.8 Å². The fourth-order valence-electron chi connectivity index (χ4n) is 2.15. The molecule has 1 aliphatic rings. The van der Waals surface area contributed by atoms with Crippen molar-refractivity contribution in [1.82, 2.24) is 4.90 Å². The molecule has 1 aromatic carbocycles. The fraction of sp³-hybridized carbons (Fsp3) is 0.429. The number of piperidine rings is 1. The maximum atomic E-state index is 12.0. The lowest BCUT2D eigenvalue weighted by atomic mass is 9.98. The Kier molecular flexibility index (Phi) is 4.39. The first kappa shape index (κ1) is 13.4. The number of hydrogen-bond acceptors (Lipinski definition) is 4. The van der Waals surface area contributed by atoms with E-state index in [4.69, 9.17) is 4.74 Å². The van der Waals surface area contributed by atoms with Gasteiger partial charge in [-0.05, 0) is 25.0 Å². The van der Waals surface area contributed by atoms with Gasteiger partial charge in [-0.3, -0.25) is 4.79 Å². The Morgan fingerprint density at radius 3 is 2.68 bits per heavy atom. The summed E-state index contributed by atoms with van der Waals surface area (Å²) in [6, 6.07) is 8.95. The van der Waals surface area contributed by atoms with Crippen molar-refractivity contribution in [3.05, 3.63) is 30.3 Å². The number of nitrogens with zero attached hydrogens (tertiary/aromatic N) is 1. The van der Waals surface area contributed by atoms with Crippen LogP contribution in [-0.2, 0) is 9.53 Å². The van der Waals surface area contributed by atoms with Crippen LogP contribution in [0.2, 0.25) is 0 Å². The zero-order chi connectivity index (χ0) is 13.7. The summed E-state index contributed by atoms with van der Waals surface area (Å²) in [5, 5.41) is 0. The second-order valence-corrected chi connectivity index (χ2v) is 4.49. The van der Waals surface area contributed by atoms with E-state index in [9.17, 15) is 9.59 Å². The number of ether oxygens (including phenoxy) is 2. The van der Waals surface area contributed by atoms with Crippen LogP contribution in [-0.4, -0.2) is 37.2 Å². The Labute approximate surface area is 112 Å². The lowest BCUT2D eigenvalue weighted by Gasteiger charge is -2.30. The molecule has 0 bridgehead atoms. The molecule has 2 rings (SSSR count). The molecule has 0 N–H and O–H groups in total. The summed E-state index contributed by atoms with van der Waals surface area (Å²) in [4.78, 5) is 25.0. The summed E-state index contributed by atoms with van der Waals surface area (Å²) in [5.74, 6) is -0.0458. The van der Waals surface area contributed by atoms with E-state index in [-0.39, 0.29) is 11.9 Å². The van der Waals surface area contributed by atoms with Crippen molar-refractivity contribution >= 4 is 12.1 Å². The lowest BCUT2D eigenvalue weighted by Crippen LogP contribution is -2.43. The molecular formula is C14H17NO4. The minimum atomic E-state index is -0.391. The minimum absolute atomic E-state index is 0.284. The van der Waals surface area contributed by atoms with Crippen LogP contribution in [0.5, 0.6) is 5.75 Å². The molecule has 0 radical (unpaired) electrons. The molecular weight excluding hydrogens is 246 g/mol. The van der Waals surface area contributed by atoms with E-state index in [2.05, 4.69) is 4.74 Å². The maximum absolute atomic E-state index is 12.0. The van der Waals surface area contributed by atoms with Gasteiger partial charge in [-0.2, -0.15) is 0 Å². The highest BCUT2D eigenvalue weighted by Gasteiger charge is 2.30. The van der Waals surface area contributed by atoms with Crippen molar-refractivity contribution in [3.8, 4) is 5.75 Å². The van der Waals surface area contributed by atoms with Crippen molar-refractivity contribution < 1.29 is 19.1 Å². The predicted molar refractivity (Wildman–Crippen MR) is 68.8 cm³/mol. The quantitative estimate of drug-likeness (QED) is 0.605. The molecule has 0 aromatic heterocycles. The number of esters is 1. The van der Waals surface area contributed by atoms with Gasteiger partial charge in [-0.25, -0.2) is 4.79 Å². The molecule has 102 valence electrons. The summed E-state index contributed by atoms with van der Waals surface area (Å²) in [6.45, 7) is 0.986. The van der Waals surface area contributed by atoms with Gasteiger partial charge >= 0.3 is 12.1 Å². The molecule has 1 fully saturated rings. The normalized spacial score (nSPS) is 18.8. The van der Waals surface area contributed by atoms with Crippen LogP contribution < -0.4 is 4.74 Å². The van der Waals surface area contributed by atoms with Gasteiger partial charge in [0.2, 0.25) is 0 Å². The monoisotopic (exact) mass is 263 g/mol. The SMILES string of the molecule is COC(=O)N1CCCC(C(=O)Oc2ccccc2)C1. The maximum Gasteiger partial charge on any atom is 0.409 e. The van der Waals surface area contributed by atoms with Gasteiger partial charge in [0, 0.05) is 13.1 Å². The van der Waals surface area contributed by atoms with Crippen molar-refractivity contribution in [3.63, 3.8) is 0 Å². The second kappa shape index (κ2) is 6.22. The number of rotatable bonds is 2. The van der Waals surface area contributed by atoms with Crippen LogP contribution in [0.25, 0.3) is 0 Å². The molecule has 1 heterocycles. The minimum Gasteiger partial charge on any atom is -0.453 e. The van der Waals surface area contributed by atoms with Gasteiger partial charge in [0.05, 0.1) is 13.0 Å². The zero-order valence-electron chi connectivity index (χ0n) is 10.9. The molecule has 1 aromatic rings. The van der Waals surface area contributed by atoms with Gasteiger partial charge in [-0.1, -0.05) is 18.2 Å². The second-order valence-electron chi connectivity index (χ2n) is 4.49. The number of hydrogen-bond donors (Lipinski definition) is 0. The molecule has 5 heteroatoms. The number of carbonyl (C=O) groups is 2. The number of methoxy groups -OCH3 is 1. The molecule has 0 aliphatic carbocycles. The number of benzene rings is 1. The van der Waals surface area contributed by atoms with E-state index in [0.29, 0.717) is 18.8 Å². The molecule has 1 amide bonds. The van der Waals surface area contributed by atoms with Crippen molar-refractivity contribution in [1.29, 1.82) is 0 Å². The first-order valence-electron chi connectivity index (χ1n) is 6.30. The molecule has 1 aliphatic heterocycles. The summed E-state index contributed by atoms with van der Waals surface area (Å²) in [7, 11) is 1.34. The highest BCUT2D eigenvalue weighted by molar-refractivity contribution is 5.76. The van der Waals surface area contributed by atoms with Gasteiger partial charge in [0.25, 0.3) is 0 Å². The van der Waals surface area contributed by atoms with E-state index in [1.165, 1.54) is 7.11 Å². The van der Waals surface area contributed by atoms with Crippen molar-refractivity contribution in [2.75, 3.05) is 20.2 Å². The van der Waals surface area contributed by atoms with Crippen LogP contribution in [0, 0.1) is 5.92 Å². The molecule has 1 saturated heterocycles. The number of para-hydroxylation sites is 1. The number of likely N-dealkylation sites (tertiary alicyclic amines) is 1.